The van der Waals surface area contributed by atoms with E-state index >= 15 is 0 Å². The van der Waals surface area contributed by atoms with Gasteiger partial charge in [0.2, 0.25) is 5.91 Å². The predicted octanol–water partition coefficient (Wildman–Crippen LogP) is 5.09. The number of anilines is 1. The smallest absolute Gasteiger partial charge is 0.262 e. The van der Waals surface area contributed by atoms with E-state index in [-0.39, 0.29) is 23.1 Å². The van der Waals surface area contributed by atoms with Crippen molar-refractivity contribution in [3.8, 4) is 0 Å². The van der Waals surface area contributed by atoms with E-state index in [9.17, 15) is 9.59 Å². The summed E-state index contributed by atoms with van der Waals surface area (Å²) in [6.45, 7) is 4.59. The molecular weight excluding hydrogens is 417 g/mol. The van der Waals surface area contributed by atoms with E-state index in [1.165, 1.54) is 11.8 Å². The molecule has 0 atom stereocenters. The summed E-state index contributed by atoms with van der Waals surface area (Å²) in [4.78, 5) is 29.9. The van der Waals surface area contributed by atoms with Crippen molar-refractivity contribution < 1.29 is 4.79 Å². The summed E-state index contributed by atoms with van der Waals surface area (Å²) in [6, 6.07) is 12.1. The Labute approximate surface area is 177 Å². The standard InChI is InChI=1S/C20H19Cl2N3O2S/c1-12(2)10-25-19(27)14-5-3-4-6-16(14)24-20(25)28-11-18(26)23-17-9-13(21)7-8-15(17)22/h3-9,12H,10-11H2,1-2H3,(H,23,26). The molecule has 8 heteroatoms. The summed E-state index contributed by atoms with van der Waals surface area (Å²) in [5.74, 6) is 0.0953. The molecule has 1 aromatic heterocycles. The molecule has 0 aliphatic carbocycles. The third-order valence-corrected chi connectivity index (χ3v) is 5.45. The Morgan fingerprint density at radius 1 is 1.21 bits per heavy atom. The van der Waals surface area contributed by atoms with Crippen molar-refractivity contribution in [1.82, 2.24) is 9.55 Å². The molecule has 3 rings (SSSR count). The van der Waals surface area contributed by atoms with Crippen LogP contribution in [-0.2, 0) is 11.3 Å². The number of halogens is 2. The predicted molar refractivity (Wildman–Crippen MR) is 117 cm³/mol. The van der Waals surface area contributed by atoms with Crippen LogP contribution in [0.1, 0.15) is 13.8 Å². The van der Waals surface area contributed by atoms with Gasteiger partial charge in [-0.1, -0.05) is 60.9 Å². The highest BCUT2D eigenvalue weighted by Gasteiger charge is 2.15. The Morgan fingerprint density at radius 2 is 1.96 bits per heavy atom. The van der Waals surface area contributed by atoms with Crippen molar-refractivity contribution in [2.75, 3.05) is 11.1 Å². The highest BCUT2D eigenvalue weighted by molar-refractivity contribution is 7.99. The lowest BCUT2D eigenvalue weighted by molar-refractivity contribution is -0.113. The second-order valence-corrected chi connectivity index (χ2v) is 8.47. The summed E-state index contributed by atoms with van der Waals surface area (Å²) in [6.07, 6.45) is 0. The van der Waals surface area contributed by atoms with Crippen molar-refractivity contribution in [1.29, 1.82) is 0 Å². The zero-order valence-corrected chi connectivity index (χ0v) is 17.7. The summed E-state index contributed by atoms with van der Waals surface area (Å²) in [7, 11) is 0. The molecule has 28 heavy (non-hydrogen) atoms. The minimum atomic E-state index is -0.257. The number of para-hydroxylation sites is 1. The average Bonchev–Trinajstić information content (AvgIpc) is 2.65. The van der Waals surface area contributed by atoms with E-state index < -0.39 is 0 Å². The van der Waals surface area contributed by atoms with Crippen LogP contribution < -0.4 is 10.9 Å². The molecule has 0 spiro atoms. The maximum Gasteiger partial charge on any atom is 0.262 e. The molecule has 0 aliphatic rings. The van der Waals surface area contributed by atoms with Crippen molar-refractivity contribution in [2.45, 2.75) is 25.5 Å². The summed E-state index contributed by atoms with van der Waals surface area (Å²) in [5, 5.41) is 4.72. The Balaban J connectivity index is 1.84. The fraction of sp³-hybridized carbons (Fsp3) is 0.250. The lowest BCUT2D eigenvalue weighted by Crippen LogP contribution is -2.26. The molecule has 0 radical (unpaired) electrons. The number of aromatic nitrogens is 2. The zero-order valence-electron chi connectivity index (χ0n) is 15.4. The van der Waals surface area contributed by atoms with Crippen LogP contribution in [0.25, 0.3) is 10.9 Å². The van der Waals surface area contributed by atoms with Gasteiger partial charge in [-0.3, -0.25) is 14.2 Å². The quantitative estimate of drug-likeness (QED) is 0.432. The number of hydrogen-bond acceptors (Lipinski definition) is 4. The number of carbonyl (C=O) groups is 1. The number of carbonyl (C=O) groups excluding carboxylic acids is 1. The lowest BCUT2D eigenvalue weighted by Gasteiger charge is -2.15. The monoisotopic (exact) mass is 435 g/mol. The number of hydrogen-bond donors (Lipinski definition) is 1. The fourth-order valence-corrected chi connectivity index (χ4v) is 3.84. The van der Waals surface area contributed by atoms with Crippen molar-refractivity contribution in [3.05, 3.63) is 62.9 Å². The second-order valence-electron chi connectivity index (χ2n) is 6.68. The minimum absolute atomic E-state index is 0.0890. The number of nitrogens with zero attached hydrogens (tertiary/aromatic N) is 2. The summed E-state index contributed by atoms with van der Waals surface area (Å²) >= 11 is 13.3. The molecule has 0 saturated heterocycles. The van der Waals surface area contributed by atoms with Gasteiger partial charge in [-0.25, -0.2) is 4.98 Å². The van der Waals surface area contributed by atoms with Crippen LogP contribution in [0.2, 0.25) is 10.0 Å². The molecular formula is C20H19Cl2N3O2S. The van der Waals surface area contributed by atoms with E-state index in [1.54, 1.807) is 34.9 Å². The Kier molecular flexibility index (Phi) is 6.65. The fourth-order valence-electron chi connectivity index (χ4n) is 2.69. The van der Waals surface area contributed by atoms with Crippen molar-refractivity contribution in [2.24, 2.45) is 5.92 Å². The molecule has 1 heterocycles. The molecule has 3 aromatic rings. The summed E-state index contributed by atoms with van der Waals surface area (Å²) in [5.41, 5.74) is 0.971. The molecule has 1 amide bonds. The van der Waals surface area contributed by atoms with Crippen molar-refractivity contribution >= 4 is 57.5 Å². The Bertz CT molecular complexity index is 1080. The Hall–Kier alpha value is -2.02. The first-order valence-corrected chi connectivity index (χ1v) is 10.5. The molecule has 0 bridgehead atoms. The van der Waals surface area contributed by atoms with Gasteiger partial charge in [0.05, 0.1) is 27.4 Å². The SMILES string of the molecule is CC(C)Cn1c(SCC(=O)Nc2cc(Cl)ccc2Cl)nc2ccccc2c1=O. The van der Waals surface area contributed by atoms with Crippen LogP contribution in [0, 0.1) is 5.92 Å². The topological polar surface area (TPSA) is 64.0 Å². The number of fused-ring (bicyclic) bond motifs is 1. The van der Waals surface area contributed by atoms with E-state index in [0.29, 0.717) is 38.3 Å². The van der Waals surface area contributed by atoms with Crippen molar-refractivity contribution in [3.63, 3.8) is 0 Å². The maximum atomic E-state index is 12.9. The van der Waals surface area contributed by atoms with Gasteiger partial charge in [-0.2, -0.15) is 0 Å². The molecule has 5 nitrogen and oxygen atoms in total. The van der Waals surface area contributed by atoms with Gasteiger partial charge >= 0.3 is 0 Å². The molecule has 0 saturated carbocycles. The largest absolute Gasteiger partial charge is 0.324 e. The van der Waals surface area contributed by atoms with Gasteiger partial charge in [-0.05, 0) is 36.2 Å². The van der Waals surface area contributed by atoms with E-state index in [2.05, 4.69) is 10.3 Å². The maximum absolute atomic E-state index is 12.9. The molecule has 0 unspecified atom stereocenters. The third kappa shape index (κ3) is 4.87. The van der Waals surface area contributed by atoms with Gasteiger partial charge in [0.25, 0.3) is 5.56 Å². The first-order chi connectivity index (χ1) is 13.3. The van der Waals surface area contributed by atoms with Gasteiger partial charge in [-0.15, -0.1) is 0 Å². The normalized spacial score (nSPS) is 11.2. The first-order valence-electron chi connectivity index (χ1n) is 8.72. The average molecular weight is 436 g/mol. The molecule has 146 valence electrons. The highest BCUT2D eigenvalue weighted by Crippen LogP contribution is 2.26. The number of rotatable bonds is 6. The molecule has 0 aliphatic heterocycles. The lowest BCUT2D eigenvalue weighted by atomic mass is 10.2. The Morgan fingerprint density at radius 3 is 2.71 bits per heavy atom. The van der Waals surface area contributed by atoms with Crippen LogP contribution in [-0.4, -0.2) is 21.2 Å². The number of nitrogens with one attached hydrogen (secondary N) is 1. The van der Waals surface area contributed by atoms with Gasteiger partial charge in [0, 0.05) is 11.6 Å². The molecule has 1 N–H and O–H groups in total. The van der Waals surface area contributed by atoms with Crippen LogP contribution >= 0.6 is 35.0 Å². The number of amides is 1. The van der Waals surface area contributed by atoms with Gasteiger partial charge < -0.3 is 5.32 Å². The third-order valence-electron chi connectivity index (χ3n) is 3.91. The summed E-state index contributed by atoms with van der Waals surface area (Å²) < 4.78 is 1.64. The van der Waals surface area contributed by atoms with Crippen LogP contribution in [0.5, 0.6) is 0 Å². The number of thioether (sulfide) groups is 1. The highest BCUT2D eigenvalue weighted by atomic mass is 35.5. The van der Waals surface area contributed by atoms with Gasteiger partial charge in [0.1, 0.15) is 0 Å². The van der Waals surface area contributed by atoms with E-state index in [4.69, 9.17) is 23.2 Å². The first kappa shape index (κ1) is 20.7. The van der Waals surface area contributed by atoms with E-state index in [0.717, 1.165) is 0 Å². The minimum Gasteiger partial charge on any atom is -0.324 e. The van der Waals surface area contributed by atoms with Gasteiger partial charge in [0.15, 0.2) is 5.16 Å². The van der Waals surface area contributed by atoms with Crippen LogP contribution in [0.15, 0.2) is 52.4 Å². The molecule has 0 fully saturated rings. The zero-order chi connectivity index (χ0) is 20.3. The van der Waals surface area contributed by atoms with E-state index in [1.807, 2.05) is 26.0 Å². The molecule has 2 aromatic carbocycles. The van der Waals surface area contributed by atoms with Crippen LogP contribution in [0.3, 0.4) is 0 Å². The number of benzene rings is 2. The second kappa shape index (κ2) is 8.99. The van der Waals surface area contributed by atoms with Crippen LogP contribution in [0.4, 0.5) is 5.69 Å².